The van der Waals surface area contributed by atoms with Crippen LogP contribution in [0.25, 0.3) is 0 Å². The highest BCUT2D eigenvalue weighted by Gasteiger charge is 2.23. The standard InChI is InChI=1S/C12H11FN4O4/c1-16-6-7(5-14-16)11(12(18)19)15-10-3-2-8(17(20)21)4-9(10)13/h2-6,11,15H,1H3,(H,18,19). The van der Waals surface area contributed by atoms with Crippen LogP contribution in [0.1, 0.15) is 11.6 Å². The van der Waals surface area contributed by atoms with Crippen LogP contribution in [0.15, 0.2) is 30.6 Å². The maximum Gasteiger partial charge on any atom is 0.330 e. The van der Waals surface area contributed by atoms with E-state index in [2.05, 4.69) is 10.4 Å². The maximum absolute atomic E-state index is 13.8. The first-order valence-electron chi connectivity index (χ1n) is 5.80. The Hall–Kier alpha value is -2.97. The van der Waals surface area contributed by atoms with Gasteiger partial charge in [-0.2, -0.15) is 5.10 Å². The lowest BCUT2D eigenvalue weighted by atomic mass is 10.1. The van der Waals surface area contributed by atoms with E-state index in [1.54, 1.807) is 7.05 Å². The van der Waals surface area contributed by atoms with Crippen LogP contribution in [0.2, 0.25) is 0 Å². The summed E-state index contributed by atoms with van der Waals surface area (Å²) in [5.74, 6) is -2.12. The van der Waals surface area contributed by atoms with Crippen molar-refractivity contribution >= 4 is 17.3 Å². The molecule has 0 fully saturated rings. The number of aromatic nitrogens is 2. The molecule has 0 amide bonds. The van der Waals surface area contributed by atoms with Gasteiger partial charge in [0, 0.05) is 24.9 Å². The van der Waals surface area contributed by atoms with Gasteiger partial charge < -0.3 is 10.4 Å². The van der Waals surface area contributed by atoms with E-state index in [-0.39, 0.29) is 5.69 Å². The second-order valence-electron chi connectivity index (χ2n) is 4.28. The van der Waals surface area contributed by atoms with Gasteiger partial charge in [0.15, 0.2) is 11.9 Å². The second-order valence-corrected chi connectivity index (χ2v) is 4.28. The third-order valence-corrected chi connectivity index (χ3v) is 2.77. The van der Waals surface area contributed by atoms with Crippen molar-refractivity contribution in [1.29, 1.82) is 0 Å². The van der Waals surface area contributed by atoms with Crippen molar-refractivity contribution in [1.82, 2.24) is 9.78 Å². The molecule has 9 heteroatoms. The van der Waals surface area contributed by atoms with Crippen LogP contribution in [0.3, 0.4) is 0 Å². The zero-order valence-corrected chi connectivity index (χ0v) is 10.9. The molecule has 1 aromatic heterocycles. The molecule has 21 heavy (non-hydrogen) atoms. The maximum atomic E-state index is 13.8. The highest BCUT2D eigenvalue weighted by atomic mass is 19.1. The summed E-state index contributed by atoms with van der Waals surface area (Å²) in [5, 5.41) is 26.1. The quantitative estimate of drug-likeness (QED) is 0.641. The molecule has 1 unspecified atom stereocenters. The Bertz CT molecular complexity index is 700. The number of benzene rings is 1. The van der Waals surface area contributed by atoms with E-state index in [0.717, 1.165) is 18.2 Å². The number of aryl methyl sites for hydroxylation is 1. The van der Waals surface area contributed by atoms with E-state index >= 15 is 0 Å². The van der Waals surface area contributed by atoms with Gasteiger partial charge in [-0.25, -0.2) is 9.18 Å². The van der Waals surface area contributed by atoms with Crippen LogP contribution in [-0.2, 0) is 11.8 Å². The lowest BCUT2D eigenvalue weighted by molar-refractivity contribution is -0.385. The number of hydrogen-bond acceptors (Lipinski definition) is 5. The zero-order chi connectivity index (χ0) is 15.6. The summed E-state index contributed by atoms with van der Waals surface area (Å²) in [4.78, 5) is 21.1. The minimum atomic E-state index is -1.22. The topological polar surface area (TPSA) is 110 Å². The number of hydrogen-bond donors (Lipinski definition) is 2. The molecule has 8 nitrogen and oxygen atoms in total. The van der Waals surface area contributed by atoms with Crippen molar-refractivity contribution in [2.75, 3.05) is 5.32 Å². The summed E-state index contributed by atoms with van der Waals surface area (Å²) in [6.07, 6.45) is 2.82. The molecular weight excluding hydrogens is 283 g/mol. The number of nitrogens with one attached hydrogen (secondary N) is 1. The van der Waals surface area contributed by atoms with E-state index in [0.29, 0.717) is 5.56 Å². The number of rotatable bonds is 5. The average molecular weight is 294 g/mol. The molecule has 0 aliphatic carbocycles. The Labute approximate surface area is 118 Å². The van der Waals surface area contributed by atoms with Gasteiger partial charge in [0.25, 0.3) is 5.69 Å². The van der Waals surface area contributed by atoms with Gasteiger partial charge in [0.05, 0.1) is 22.9 Å². The third-order valence-electron chi connectivity index (χ3n) is 2.77. The molecule has 2 aromatic rings. The lowest BCUT2D eigenvalue weighted by Gasteiger charge is -2.14. The van der Waals surface area contributed by atoms with E-state index < -0.39 is 28.4 Å². The molecule has 110 valence electrons. The first kappa shape index (κ1) is 14.4. The fourth-order valence-electron chi connectivity index (χ4n) is 1.77. The van der Waals surface area contributed by atoms with Gasteiger partial charge >= 0.3 is 5.97 Å². The minimum absolute atomic E-state index is 0.142. The zero-order valence-electron chi connectivity index (χ0n) is 10.9. The summed E-state index contributed by atoms with van der Waals surface area (Å²) in [6.45, 7) is 0. The van der Waals surface area contributed by atoms with Crippen molar-refractivity contribution < 1.29 is 19.2 Å². The normalized spacial score (nSPS) is 11.9. The van der Waals surface area contributed by atoms with E-state index in [1.807, 2.05) is 0 Å². The van der Waals surface area contributed by atoms with Gasteiger partial charge in [-0.05, 0) is 6.07 Å². The Morgan fingerprint density at radius 1 is 1.57 bits per heavy atom. The fourth-order valence-corrected chi connectivity index (χ4v) is 1.77. The first-order valence-corrected chi connectivity index (χ1v) is 5.80. The van der Waals surface area contributed by atoms with Gasteiger partial charge in [-0.1, -0.05) is 0 Å². The van der Waals surface area contributed by atoms with Gasteiger partial charge in [-0.15, -0.1) is 0 Å². The smallest absolute Gasteiger partial charge is 0.330 e. The molecule has 1 heterocycles. The molecule has 0 saturated heterocycles. The number of anilines is 1. The van der Waals surface area contributed by atoms with Crippen LogP contribution in [0.5, 0.6) is 0 Å². The van der Waals surface area contributed by atoms with Crippen molar-refractivity contribution in [2.24, 2.45) is 7.05 Å². The SMILES string of the molecule is Cn1cc(C(Nc2ccc([N+](=O)[O-])cc2F)C(=O)O)cn1. The van der Waals surface area contributed by atoms with Crippen LogP contribution in [0, 0.1) is 15.9 Å². The molecule has 1 aromatic carbocycles. The number of nitro benzene ring substituents is 1. The fraction of sp³-hybridized carbons (Fsp3) is 0.167. The molecule has 2 N–H and O–H groups in total. The monoisotopic (exact) mass is 294 g/mol. The number of carboxylic acids is 1. The van der Waals surface area contributed by atoms with E-state index in [4.69, 9.17) is 0 Å². The van der Waals surface area contributed by atoms with Gasteiger partial charge in [0.1, 0.15) is 0 Å². The van der Waals surface area contributed by atoms with E-state index in [9.17, 15) is 24.4 Å². The molecule has 0 radical (unpaired) electrons. The predicted molar refractivity (Wildman–Crippen MR) is 70.3 cm³/mol. The number of carbonyl (C=O) groups is 1. The second kappa shape index (κ2) is 5.57. The van der Waals surface area contributed by atoms with Crippen LogP contribution < -0.4 is 5.32 Å². The van der Waals surface area contributed by atoms with Crippen LogP contribution in [0.4, 0.5) is 15.8 Å². The summed E-state index contributed by atoms with van der Waals surface area (Å²) >= 11 is 0. The lowest BCUT2D eigenvalue weighted by Crippen LogP contribution is -2.20. The number of carboxylic acid groups (broad SMARTS) is 1. The predicted octanol–water partition coefficient (Wildman–Crippen LogP) is 1.71. The molecular formula is C12H11FN4O4. The average Bonchev–Trinajstić information content (AvgIpc) is 2.83. The number of halogens is 1. The molecule has 0 bridgehead atoms. The molecule has 2 rings (SSSR count). The minimum Gasteiger partial charge on any atom is -0.479 e. The van der Waals surface area contributed by atoms with Crippen molar-refractivity contribution in [3.05, 3.63) is 52.1 Å². The van der Waals surface area contributed by atoms with Crippen molar-refractivity contribution in [2.45, 2.75) is 6.04 Å². The van der Waals surface area contributed by atoms with Crippen LogP contribution in [-0.4, -0.2) is 25.8 Å². The highest BCUT2D eigenvalue weighted by molar-refractivity contribution is 5.79. The number of nitro groups is 1. The molecule has 0 spiro atoms. The van der Waals surface area contributed by atoms with Crippen molar-refractivity contribution in [3.8, 4) is 0 Å². The third kappa shape index (κ3) is 3.14. The Kier molecular flexibility index (Phi) is 3.83. The Balaban J connectivity index is 2.29. The van der Waals surface area contributed by atoms with Gasteiger partial charge in [-0.3, -0.25) is 14.8 Å². The van der Waals surface area contributed by atoms with Crippen LogP contribution >= 0.6 is 0 Å². The highest BCUT2D eigenvalue weighted by Crippen LogP contribution is 2.25. The summed E-state index contributed by atoms with van der Waals surface area (Å²) in [6, 6.07) is 1.73. The first-order chi connectivity index (χ1) is 9.88. The summed E-state index contributed by atoms with van der Waals surface area (Å²) in [5.41, 5.74) is -0.217. The largest absolute Gasteiger partial charge is 0.479 e. The summed E-state index contributed by atoms with van der Waals surface area (Å²) in [7, 11) is 1.62. The molecule has 0 saturated carbocycles. The number of non-ortho nitro benzene ring substituents is 1. The van der Waals surface area contributed by atoms with Gasteiger partial charge in [0.2, 0.25) is 0 Å². The van der Waals surface area contributed by atoms with E-state index in [1.165, 1.54) is 17.1 Å². The molecule has 1 atom stereocenters. The summed E-state index contributed by atoms with van der Waals surface area (Å²) < 4.78 is 15.2. The Morgan fingerprint density at radius 2 is 2.29 bits per heavy atom. The molecule has 0 aliphatic heterocycles. The number of aliphatic carboxylic acids is 1. The number of nitrogens with zero attached hydrogens (tertiary/aromatic N) is 3. The Morgan fingerprint density at radius 3 is 2.76 bits per heavy atom. The van der Waals surface area contributed by atoms with Crippen molar-refractivity contribution in [3.63, 3.8) is 0 Å². The molecule has 0 aliphatic rings.